The zero-order valence-corrected chi connectivity index (χ0v) is 12.5. The van der Waals surface area contributed by atoms with Gasteiger partial charge in [-0.1, -0.05) is 12.1 Å². The highest BCUT2D eigenvalue weighted by atomic mass is 32.1. The Morgan fingerprint density at radius 3 is 3.00 bits per heavy atom. The highest BCUT2D eigenvalue weighted by molar-refractivity contribution is 7.12. The summed E-state index contributed by atoms with van der Waals surface area (Å²) in [4.78, 5) is 25.2. The van der Waals surface area contributed by atoms with Crippen molar-refractivity contribution in [2.75, 3.05) is 13.7 Å². The summed E-state index contributed by atoms with van der Waals surface area (Å²) >= 11 is 1.34. The zero-order chi connectivity index (χ0) is 14.8. The first-order chi connectivity index (χ1) is 10.2. The predicted octanol–water partition coefficient (Wildman–Crippen LogP) is 2.66. The SMILES string of the molecule is COc1ccsc1C(=O)c1ccc2c(c1)C(=O)NCCC2. The van der Waals surface area contributed by atoms with E-state index in [2.05, 4.69) is 5.32 Å². The summed E-state index contributed by atoms with van der Waals surface area (Å²) < 4.78 is 5.19. The summed E-state index contributed by atoms with van der Waals surface area (Å²) in [6.45, 7) is 0.676. The van der Waals surface area contributed by atoms with Gasteiger partial charge >= 0.3 is 0 Å². The summed E-state index contributed by atoms with van der Waals surface area (Å²) in [5, 5.41) is 4.67. The molecule has 0 unspecified atom stereocenters. The standard InChI is InChI=1S/C16H15NO3S/c1-20-13-6-8-21-15(13)14(18)11-5-4-10-3-2-7-17-16(19)12(10)9-11/h4-6,8-9H,2-3,7H2,1H3,(H,17,19). The number of amides is 1. The number of aryl methyl sites for hydroxylation is 1. The van der Waals surface area contributed by atoms with Crippen molar-refractivity contribution in [3.8, 4) is 5.75 Å². The van der Waals surface area contributed by atoms with Gasteiger partial charge in [-0.05, 0) is 35.9 Å². The van der Waals surface area contributed by atoms with Crippen LogP contribution < -0.4 is 10.1 Å². The third-order valence-electron chi connectivity index (χ3n) is 3.58. The molecule has 1 aliphatic heterocycles. The van der Waals surface area contributed by atoms with E-state index in [-0.39, 0.29) is 11.7 Å². The van der Waals surface area contributed by atoms with Crippen molar-refractivity contribution in [3.63, 3.8) is 0 Å². The largest absolute Gasteiger partial charge is 0.495 e. The van der Waals surface area contributed by atoms with Crippen LogP contribution in [0.1, 0.15) is 37.6 Å². The quantitative estimate of drug-likeness (QED) is 0.887. The van der Waals surface area contributed by atoms with Crippen molar-refractivity contribution in [1.29, 1.82) is 0 Å². The van der Waals surface area contributed by atoms with Crippen LogP contribution in [0.2, 0.25) is 0 Å². The van der Waals surface area contributed by atoms with Crippen molar-refractivity contribution in [2.45, 2.75) is 12.8 Å². The van der Waals surface area contributed by atoms with E-state index in [0.717, 1.165) is 18.4 Å². The van der Waals surface area contributed by atoms with Crippen LogP contribution >= 0.6 is 11.3 Å². The number of ether oxygens (including phenoxy) is 1. The molecule has 0 bridgehead atoms. The summed E-state index contributed by atoms with van der Waals surface area (Å²) in [6.07, 6.45) is 1.77. The first kappa shape index (κ1) is 13.8. The van der Waals surface area contributed by atoms with E-state index in [1.165, 1.54) is 11.3 Å². The van der Waals surface area contributed by atoms with Crippen LogP contribution in [0.15, 0.2) is 29.6 Å². The molecule has 0 radical (unpaired) electrons. The second-order valence-electron chi connectivity index (χ2n) is 4.88. The van der Waals surface area contributed by atoms with Crippen molar-refractivity contribution in [2.24, 2.45) is 0 Å². The van der Waals surface area contributed by atoms with Gasteiger partial charge in [0.25, 0.3) is 5.91 Å². The number of ketones is 1. The number of hydrogen-bond acceptors (Lipinski definition) is 4. The van der Waals surface area contributed by atoms with E-state index in [0.29, 0.717) is 28.3 Å². The van der Waals surface area contributed by atoms with Crippen LogP contribution in [0.5, 0.6) is 5.75 Å². The van der Waals surface area contributed by atoms with Gasteiger partial charge in [-0.15, -0.1) is 11.3 Å². The average molecular weight is 301 g/mol. The predicted molar refractivity (Wildman–Crippen MR) is 81.4 cm³/mol. The maximum Gasteiger partial charge on any atom is 0.251 e. The Bertz CT molecular complexity index is 705. The molecule has 0 aliphatic carbocycles. The van der Waals surface area contributed by atoms with Gasteiger partial charge < -0.3 is 10.1 Å². The van der Waals surface area contributed by atoms with Crippen LogP contribution in [0.4, 0.5) is 0 Å². The fraction of sp³-hybridized carbons (Fsp3) is 0.250. The molecule has 1 N–H and O–H groups in total. The smallest absolute Gasteiger partial charge is 0.251 e. The fourth-order valence-electron chi connectivity index (χ4n) is 2.48. The molecule has 21 heavy (non-hydrogen) atoms. The minimum atomic E-state index is -0.110. The summed E-state index contributed by atoms with van der Waals surface area (Å²) in [5.41, 5.74) is 2.13. The summed E-state index contributed by atoms with van der Waals surface area (Å²) in [5.74, 6) is 0.362. The number of benzene rings is 1. The van der Waals surface area contributed by atoms with Gasteiger partial charge in [-0.3, -0.25) is 9.59 Å². The average Bonchev–Trinajstić information content (AvgIpc) is 2.91. The second-order valence-corrected chi connectivity index (χ2v) is 5.79. The van der Waals surface area contributed by atoms with E-state index in [1.54, 1.807) is 25.3 Å². The Labute approximate surface area is 126 Å². The van der Waals surface area contributed by atoms with E-state index >= 15 is 0 Å². The number of carbonyl (C=O) groups excluding carboxylic acids is 2. The van der Waals surface area contributed by atoms with E-state index in [9.17, 15) is 9.59 Å². The molecule has 1 amide bonds. The molecule has 5 heteroatoms. The zero-order valence-electron chi connectivity index (χ0n) is 11.6. The van der Waals surface area contributed by atoms with Crippen molar-refractivity contribution in [1.82, 2.24) is 5.32 Å². The molecular weight excluding hydrogens is 286 g/mol. The molecule has 4 nitrogen and oxygen atoms in total. The lowest BCUT2D eigenvalue weighted by Gasteiger charge is -2.07. The maximum absolute atomic E-state index is 12.6. The number of carbonyl (C=O) groups is 2. The van der Waals surface area contributed by atoms with Crippen molar-refractivity contribution >= 4 is 23.0 Å². The van der Waals surface area contributed by atoms with E-state index in [1.807, 2.05) is 11.4 Å². The number of nitrogens with one attached hydrogen (secondary N) is 1. The molecule has 0 saturated heterocycles. The molecular formula is C16H15NO3S. The van der Waals surface area contributed by atoms with Gasteiger partial charge in [0.05, 0.1) is 7.11 Å². The number of thiophene rings is 1. The number of hydrogen-bond donors (Lipinski definition) is 1. The van der Waals surface area contributed by atoms with Gasteiger partial charge in [0, 0.05) is 17.7 Å². The number of rotatable bonds is 3. The third kappa shape index (κ3) is 2.56. The molecule has 0 saturated carbocycles. The Balaban J connectivity index is 2.00. The number of fused-ring (bicyclic) bond motifs is 1. The van der Waals surface area contributed by atoms with Crippen LogP contribution in [-0.4, -0.2) is 25.3 Å². The van der Waals surface area contributed by atoms with Gasteiger partial charge in [0.15, 0.2) is 0 Å². The van der Waals surface area contributed by atoms with Crippen LogP contribution in [-0.2, 0) is 6.42 Å². The maximum atomic E-state index is 12.6. The van der Waals surface area contributed by atoms with Gasteiger partial charge in [0.2, 0.25) is 5.78 Å². The Morgan fingerprint density at radius 1 is 1.33 bits per heavy atom. The molecule has 1 aliphatic rings. The van der Waals surface area contributed by atoms with Crippen molar-refractivity contribution in [3.05, 3.63) is 51.2 Å². The highest BCUT2D eigenvalue weighted by Crippen LogP contribution is 2.28. The number of methoxy groups -OCH3 is 1. The van der Waals surface area contributed by atoms with Gasteiger partial charge in [-0.25, -0.2) is 0 Å². The first-order valence-electron chi connectivity index (χ1n) is 6.78. The minimum Gasteiger partial charge on any atom is -0.495 e. The Morgan fingerprint density at radius 2 is 2.19 bits per heavy atom. The molecule has 0 spiro atoms. The van der Waals surface area contributed by atoms with E-state index in [4.69, 9.17) is 4.74 Å². The molecule has 2 aromatic rings. The normalized spacial score (nSPS) is 14.0. The molecule has 1 aromatic carbocycles. The molecule has 2 heterocycles. The lowest BCUT2D eigenvalue weighted by Crippen LogP contribution is -2.22. The molecule has 0 fully saturated rings. The first-order valence-corrected chi connectivity index (χ1v) is 7.66. The highest BCUT2D eigenvalue weighted by Gasteiger charge is 2.20. The molecule has 0 atom stereocenters. The fourth-order valence-corrected chi connectivity index (χ4v) is 3.30. The Hall–Kier alpha value is -2.14. The van der Waals surface area contributed by atoms with Crippen LogP contribution in [0.3, 0.4) is 0 Å². The molecule has 1 aromatic heterocycles. The van der Waals surface area contributed by atoms with E-state index < -0.39 is 0 Å². The second kappa shape index (κ2) is 5.69. The van der Waals surface area contributed by atoms with Crippen LogP contribution in [0.25, 0.3) is 0 Å². The minimum absolute atomic E-state index is 0.102. The Kier molecular flexibility index (Phi) is 3.75. The van der Waals surface area contributed by atoms with Crippen LogP contribution in [0, 0.1) is 0 Å². The summed E-state index contributed by atoms with van der Waals surface area (Å²) in [6, 6.07) is 7.14. The summed E-state index contributed by atoms with van der Waals surface area (Å²) in [7, 11) is 1.54. The van der Waals surface area contributed by atoms with Gasteiger partial charge in [0.1, 0.15) is 10.6 Å². The van der Waals surface area contributed by atoms with Gasteiger partial charge in [-0.2, -0.15) is 0 Å². The topological polar surface area (TPSA) is 55.4 Å². The lowest BCUT2D eigenvalue weighted by atomic mass is 9.98. The third-order valence-corrected chi connectivity index (χ3v) is 4.47. The molecule has 3 rings (SSSR count). The van der Waals surface area contributed by atoms with Crippen molar-refractivity contribution < 1.29 is 14.3 Å². The molecule has 108 valence electrons. The monoisotopic (exact) mass is 301 g/mol. The lowest BCUT2D eigenvalue weighted by molar-refractivity contribution is 0.0956.